The Bertz CT molecular complexity index is 1350. The molecule has 0 aliphatic rings. The first-order valence-corrected chi connectivity index (χ1v) is 11.1. The summed E-state index contributed by atoms with van der Waals surface area (Å²) in [5.41, 5.74) is 0.403. The summed E-state index contributed by atoms with van der Waals surface area (Å²) < 4.78 is 52.3. The SMILES string of the molecule is COc1ccc2c(c1)c(OCc1c(F)cccc1Cl)nn2S(=O)(=O)c1ccc(Cl)cc1. The van der Waals surface area contributed by atoms with Crippen LogP contribution in [0, 0.1) is 5.82 Å². The highest BCUT2D eigenvalue weighted by Crippen LogP contribution is 2.32. The second-order valence-electron chi connectivity index (χ2n) is 6.48. The third kappa shape index (κ3) is 4.06. The summed E-state index contributed by atoms with van der Waals surface area (Å²) in [4.78, 5) is 0.000756. The molecule has 0 N–H and O–H groups in total. The summed E-state index contributed by atoms with van der Waals surface area (Å²) in [6, 6.07) is 14.7. The molecule has 0 unspecified atom stereocenters. The Kier molecular flexibility index (Phi) is 5.79. The highest BCUT2D eigenvalue weighted by atomic mass is 35.5. The highest BCUT2D eigenvalue weighted by Gasteiger charge is 2.24. The lowest BCUT2D eigenvalue weighted by molar-refractivity contribution is 0.290. The van der Waals surface area contributed by atoms with Gasteiger partial charge in [0.1, 0.15) is 18.2 Å². The number of ether oxygens (including phenoxy) is 2. The van der Waals surface area contributed by atoms with E-state index in [9.17, 15) is 12.8 Å². The van der Waals surface area contributed by atoms with Crippen molar-refractivity contribution >= 4 is 44.1 Å². The van der Waals surface area contributed by atoms with E-state index in [0.29, 0.717) is 16.2 Å². The van der Waals surface area contributed by atoms with E-state index >= 15 is 0 Å². The minimum Gasteiger partial charge on any atom is -0.497 e. The Morgan fingerprint density at radius 3 is 2.48 bits per heavy atom. The molecule has 1 aromatic heterocycles. The Morgan fingerprint density at radius 2 is 1.81 bits per heavy atom. The van der Waals surface area contributed by atoms with Gasteiger partial charge in [0.25, 0.3) is 10.0 Å². The van der Waals surface area contributed by atoms with E-state index < -0.39 is 15.8 Å². The molecule has 160 valence electrons. The minimum atomic E-state index is -4.05. The number of aromatic nitrogens is 2. The van der Waals surface area contributed by atoms with Crippen molar-refractivity contribution in [1.82, 2.24) is 9.19 Å². The quantitative estimate of drug-likeness (QED) is 0.374. The Hall–Kier alpha value is -2.81. The molecule has 0 fully saturated rings. The molecule has 0 aliphatic carbocycles. The number of halogens is 3. The lowest BCUT2D eigenvalue weighted by Crippen LogP contribution is -2.14. The zero-order valence-corrected chi connectivity index (χ0v) is 18.4. The standard InChI is InChI=1S/C21H15Cl2FN2O4S/c1-29-14-7-10-20-16(11-14)21(30-12-17-18(23)3-2-4-19(17)24)25-26(20)31(27,28)15-8-5-13(22)6-9-15/h2-11H,12H2,1H3. The molecule has 10 heteroatoms. The molecule has 4 rings (SSSR count). The van der Waals surface area contributed by atoms with Gasteiger partial charge in [-0.05, 0) is 54.6 Å². The van der Waals surface area contributed by atoms with Crippen molar-refractivity contribution in [3.8, 4) is 11.6 Å². The van der Waals surface area contributed by atoms with Gasteiger partial charge in [0, 0.05) is 10.6 Å². The van der Waals surface area contributed by atoms with E-state index in [-0.39, 0.29) is 33.5 Å². The number of nitrogens with zero attached hydrogens (tertiary/aromatic N) is 2. The van der Waals surface area contributed by atoms with Gasteiger partial charge >= 0.3 is 0 Å². The van der Waals surface area contributed by atoms with Crippen molar-refractivity contribution in [2.75, 3.05) is 7.11 Å². The van der Waals surface area contributed by atoms with E-state index in [1.807, 2.05) is 0 Å². The summed E-state index contributed by atoms with van der Waals surface area (Å²) in [7, 11) is -2.57. The van der Waals surface area contributed by atoms with E-state index in [2.05, 4.69) is 5.10 Å². The second-order valence-corrected chi connectivity index (χ2v) is 9.09. The molecule has 0 atom stereocenters. The van der Waals surface area contributed by atoms with Gasteiger partial charge in [-0.25, -0.2) is 4.39 Å². The third-order valence-corrected chi connectivity index (χ3v) is 6.78. The molecule has 0 spiro atoms. The van der Waals surface area contributed by atoms with Crippen LogP contribution in [0.3, 0.4) is 0 Å². The first-order chi connectivity index (χ1) is 14.8. The topological polar surface area (TPSA) is 70.4 Å². The Balaban J connectivity index is 1.81. The van der Waals surface area contributed by atoms with Gasteiger partial charge in [-0.15, -0.1) is 9.19 Å². The van der Waals surface area contributed by atoms with Crippen molar-refractivity contribution in [2.24, 2.45) is 0 Å². The summed E-state index contributed by atoms with van der Waals surface area (Å²) in [5.74, 6) is -0.0712. The zero-order chi connectivity index (χ0) is 22.2. The molecule has 0 saturated heterocycles. The first kappa shape index (κ1) is 21.4. The van der Waals surface area contributed by atoms with Crippen LogP contribution in [0.2, 0.25) is 10.0 Å². The number of fused-ring (bicyclic) bond motifs is 1. The van der Waals surface area contributed by atoms with Crippen LogP contribution >= 0.6 is 23.2 Å². The molecular weight excluding hydrogens is 466 g/mol. The number of methoxy groups -OCH3 is 1. The number of hydrogen-bond donors (Lipinski definition) is 0. The molecule has 0 saturated carbocycles. The van der Waals surface area contributed by atoms with Crippen molar-refractivity contribution < 1.29 is 22.3 Å². The molecule has 6 nitrogen and oxygen atoms in total. The predicted octanol–water partition coefficient (Wildman–Crippen LogP) is 5.31. The van der Waals surface area contributed by atoms with E-state index in [0.717, 1.165) is 4.09 Å². The Labute approximate surface area is 187 Å². The van der Waals surface area contributed by atoms with Gasteiger partial charge in [-0.1, -0.05) is 29.3 Å². The van der Waals surface area contributed by atoms with Gasteiger partial charge < -0.3 is 9.47 Å². The van der Waals surface area contributed by atoms with Crippen LogP contribution in [0.15, 0.2) is 65.6 Å². The van der Waals surface area contributed by atoms with Crippen LogP contribution in [0.5, 0.6) is 11.6 Å². The summed E-state index contributed by atoms with van der Waals surface area (Å²) in [6.07, 6.45) is 0. The van der Waals surface area contributed by atoms with Gasteiger partial charge in [-0.3, -0.25) is 0 Å². The molecule has 31 heavy (non-hydrogen) atoms. The van der Waals surface area contributed by atoms with E-state index in [4.69, 9.17) is 32.7 Å². The van der Waals surface area contributed by atoms with Crippen LogP contribution in [0.25, 0.3) is 10.9 Å². The van der Waals surface area contributed by atoms with Gasteiger partial charge in [-0.2, -0.15) is 8.42 Å². The Morgan fingerprint density at radius 1 is 1.06 bits per heavy atom. The fraction of sp³-hybridized carbons (Fsp3) is 0.0952. The monoisotopic (exact) mass is 480 g/mol. The van der Waals surface area contributed by atoms with Crippen molar-refractivity contribution in [3.63, 3.8) is 0 Å². The molecule has 0 bridgehead atoms. The predicted molar refractivity (Wildman–Crippen MR) is 116 cm³/mol. The normalized spacial score (nSPS) is 11.6. The molecule has 0 aliphatic heterocycles. The summed E-state index contributed by atoms with van der Waals surface area (Å²) >= 11 is 11.9. The number of hydrogen-bond acceptors (Lipinski definition) is 5. The van der Waals surface area contributed by atoms with E-state index in [1.54, 1.807) is 18.2 Å². The van der Waals surface area contributed by atoms with E-state index in [1.165, 1.54) is 49.6 Å². The third-order valence-electron chi connectivity index (χ3n) is 4.58. The van der Waals surface area contributed by atoms with Crippen LogP contribution < -0.4 is 9.47 Å². The average Bonchev–Trinajstić information content (AvgIpc) is 3.12. The highest BCUT2D eigenvalue weighted by molar-refractivity contribution is 7.90. The molecule has 0 radical (unpaired) electrons. The lowest BCUT2D eigenvalue weighted by atomic mass is 10.2. The van der Waals surface area contributed by atoms with Crippen LogP contribution in [0.4, 0.5) is 4.39 Å². The largest absolute Gasteiger partial charge is 0.497 e. The van der Waals surface area contributed by atoms with Gasteiger partial charge in [0.15, 0.2) is 0 Å². The van der Waals surface area contributed by atoms with Crippen molar-refractivity contribution in [2.45, 2.75) is 11.5 Å². The maximum Gasteiger partial charge on any atom is 0.283 e. The maximum absolute atomic E-state index is 14.1. The average molecular weight is 481 g/mol. The summed E-state index contributed by atoms with van der Waals surface area (Å²) in [6.45, 7) is -0.240. The van der Waals surface area contributed by atoms with Gasteiger partial charge in [0.05, 0.1) is 27.9 Å². The van der Waals surface area contributed by atoms with Crippen LogP contribution in [-0.4, -0.2) is 24.7 Å². The number of rotatable bonds is 6. The molecule has 3 aromatic carbocycles. The van der Waals surface area contributed by atoms with Crippen LogP contribution in [0.1, 0.15) is 5.56 Å². The molecule has 0 amide bonds. The zero-order valence-electron chi connectivity index (χ0n) is 16.1. The van der Waals surface area contributed by atoms with Crippen molar-refractivity contribution in [3.05, 3.63) is 82.1 Å². The van der Waals surface area contributed by atoms with Crippen molar-refractivity contribution in [1.29, 1.82) is 0 Å². The second kappa shape index (κ2) is 8.37. The lowest BCUT2D eigenvalue weighted by Gasteiger charge is -2.07. The molecule has 4 aromatic rings. The van der Waals surface area contributed by atoms with Crippen LogP contribution in [-0.2, 0) is 16.6 Å². The fourth-order valence-electron chi connectivity index (χ4n) is 2.98. The smallest absolute Gasteiger partial charge is 0.283 e. The maximum atomic E-state index is 14.1. The fourth-order valence-corrected chi connectivity index (χ4v) is 4.60. The summed E-state index contributed by atoms with van der Waals surface area (Å²) in [5, 5.41) is 5.13. The molecule has 1 heterocycles. The first-order valence-electron chi connectivity index (χ1n) is 8.95. The minimum absolute atomic E-state index is 0.000756. The number of benzene rings is 3. The molecular formula is C21H15Cl2FN2O4S. The van der Waals surface area contributed by atoms with Gasteiger partial charge in [0.2, 0.25) is 5.88 Å².